The van der Waals surface area contributed by atoms with Crippen LogP contribution < -0.4 is 5.32 Å². The molecule has 1 unspecified atom stereocenters. The maximum atomic E-state index is 11.5. The minimum atomic E-state index is -0.487. The number of pyridine rings is 1. The molecule has 0 fully saturated rings. The maximum Gasteiger partial charge on any atom is 0.311 e. The van der Waals surface area contributed by atoms with Gasteiger partial charge in [0.25, 0.3) is 0 Å². The Kier molecular flexibility index (Phi) is 4.88. The lowest BCUT2D eigenvalue weighted by atomic mass is 10.1. The van der Waals surface area contributed by atoms with E-state index in [-0.39, 0.29) is 24.1 Å². The van der Waals surface area contributed by atoms with Gasteiger partial charge in [0.1, 0.15) is 11.9 Å². The van der Waals surface area contributed by atoms with Crippen LogP contribution in [0.25, 0.3) is 10.9 Å². The quantitative estimate of drug-likeness (QED) is 0.501. The molecule has 116 valence electrons. The van der Waals surface area contributed by atoms with Crippen LogP contribution in [0.15, 0.2) is 30.5 Å². The van der Waals surface area contributed by atoms with Gasteiger partial charge in [-0.3, -0.25) is 14.9 Å². The molecule has 0 spiro atoms. The van der Waals surface area contributed by atoms with Gasteiger partial charge in [-0.15, -0.1) is 0 Å². The fourth-order valence-corrected chi connectivity index (χ4v) is 2.19. The summed E-state index contributed by atoms with van der Waals surface area (Å²) in [7, 11) is 0. The van der Waals surface area contributed by atoms with Crippen LogP contribution in [0.1, 0.15) is 20.3 Å². The topological polar surface area (TPSA) is 94.4 Å². The third kappa shape index (κ3) is 3.49. The predicted octanol–water partition coefficient (Wildman–Crippen LogP) is 2.90. The third-order valence-corrected chi connectivity index (χ3v) is 3.12. The molecule has 0 saturated heterocycles. The van der Waals surface area contributed by atoms with Crippen molar-refractivity contribution in [3.63, 3.8) is 0 Å². The van der Waals surface area contributed by atoms with E-state index in [0.29, 0.717) is 23.2 Å². The number of nitro groups is 1. The average Bonchev–Trinajstić information content (AvgIpc) is 2.47. The van der Waals surface area contributed by atoms with E-state index in [1.54, 1.807) is 32.0 Å². The largest absolute Gasteiger partial charge is 0.466 e. The van der Waals surface area contributed by atoms with Crippen molar-refractivity contribution in [1.82, 2.24) is 4.98 Å². The van der Waals surface area contributed by atoms with E-state index in [4.69, 9.17) is 4.74 Å². The van der Waals surface area contributed by atoms with Crippen molar-refractivity contribution in [3.05, 3.63) is 40.6 Å². The molecule has 7 heteroatoms. The first-order valence-corrected chi connectivity index (χ1v) is 6.97. The minimum absolute atomic E-state index is 0.116. The summed E-state index contributed by atoms with van der Waals surface area (Å²) in [6, 6.07) is 6.83. The fourth-order valence-electron chi connectivity index (χ4n) is 2.19. The zero-order valence-corrected chi connectivity index (χ0v) is 12.4. The molecule has 7 nitrogen and oxygen atoms in total. The van der Waals surface area contributed by atoms with Crippen LogP contribution in [0.3, 0.4) is 0 Å². The number of nitrogens with zero attached hydrogens (tertiary/aromatic N) is 2. The molecule has 1 atom stereocenters. The van der Waals surface area contributed by atoms with Crippen molar-refractivity contribution in [2.24, 2.45) is 0 Å². The van der Waals surface area contributed by atoms with Crippen LogP contribution in [0.5, 0.6) is 0 Å². The van der Waals surface area contributed by atoms with Crippen LogP contribution in [-0.2, 0) is 9.53 Å². The number of rotatable bonds is 6. The zero-order valence-electron chi connectivity index (χ0n) is 12.4. The first-order valence-electron chi connectivity index (χ1n) is 6.97. The number of fused-ring (bicyclic) bond motifs is 1. The van der Waals surface area contributed by atoms with Gasteiger partial charge in [0.15, 0.2) is 0 Å². The van der Waals surface area contributed by atoms with Crippen LogP contribution in [-0.4, -0.2) is 28.5 Å². The van der Waals surface area contributed by atoms with Crippen molar-refractivity contribution < 1.29 is 14.5 Å². The molecule has 0 bridgehead atoms. The molecule has 22 heavy (non-hydrogen) atoms. The highest BCUT2D eigenvalue weighted by molar-refractivity contribution is 5.95. The molecule has 0 saturated carbocycles. The van der Waals surface area contributed by atoms with E-state index in [2.05, 4.69) is 10.3 Å². The van der Waals surface area contributed by atoms with Gasteiger partial charge in [0.2, 0.25) is 0 Å². The summed E-state index contributed by atoms with van der Waals surface area (Å²) in [6.45, 7) is 3.82. The predicted molar refractivity (Wildman–Crippen MR) is 82.7 cm³/mol. The highest BCUT2D eigenvalue weighted by Crippen LogP contribution is 2.32. The summed E-state index contributed by atoms with van der Waals surface area (Å²) < 4.78 is 4.89. The van der Waals surface area contributed by atoms with Crippen molar-refractivity contribution >= 4 is 28.2 Å². The molecule has 0 radical (unpaired) electrons. The minimum Gasteiger partial charge on any atom is -0.466 e. The van der Waals surface area contributed by atoms with Crippen LogP contribution >= 0.6 is 0 Å². The summed E-state index contributed by atoms with van der Waals surface area (Å²) in [6.07, 6.45) is 1.35. The summed E-state index contributed by atoms with van der Waals surface area (Å²) in [4.78, 5) is 26.3. The van der Waals surface area contributed by atoms with E-state index < -0.39 is 4.92 Å². The molecule has 1 aromatic heterocycles. The third-order valence-electron chi connectivity index (χ3n) is 3.12. The SMILES string of the molecule is CCOC(=O)CC(C)Nc1c([N+](=O)[O-])cnc2ccccc12. The van der Waals surface area contributed by atoms with Gasteiger partial charge in [-0.1, -0.05) is 18.2 Å². The van der Waals surface area contributed by atoms with Crippen molar-refractivity contribution in [3.8, 4) is 0 Å². The molecule has 0 aliphatic heterocycles. The Hall–Kier alpha value is -2.70. The number of aromatic nitrogens is 1. The van der Waals surface area contributed by atoms with Gasteiger partial charge in [-0.05, 0) is 19.9 Å². The first kappa shape index (κ1) is 15.7. The van der Waals surface area contributed by atoms with E-state index in [1.165, 1.54) is 6.20 Å². The summed E-state index contributed by atoms with van der Waals surface area (Å²) >= 11 is 0. The number of hydrogen-bond acceptors (Lipinski definition) is 6. The van der Waals surface area contributed by atoms with Crippen LogP contribution in [0.2, 0.25) is 0 Å². The number of para-hydroxylation sites is 1. The van der Waals surface area contributed by atoms with Gasteiger partial charge < -0.3 is 10.1 Å². The lowest BCUT2D eigenvalue weighted by molar-refractivity contribution is -0.384. The van der Waals surface area contributed by atoms with Gasteiger partial charge in [-0.2, -0.15) is 0 Å². The van der Waals surface area contributed by atoms with Crippen LogP contribution in [0, 0.1) is 10.1 Å². The molecule has 0 amide bonds. The smallest absolute Gasteiger partial charge is 0.311 e. The molecule has 0 aliphatic rings. The molecule has 2 rings (SSSR count). The molecule has 0 aliphatic carbocycles. The Labute approximate surface area is 127 Å². The lowest BCUT2D eigenvalue weighted by Gasteiger charge is -2.16. The Bertz CT molecular complexity index is 702. The number of carbonyl (C=O) groups is 1. The number of carbonyl (C=O) groups excluding carboxylic acids is 1. The van der Waals surface area contributed by atoms with Gasteiger partial charge in [0, 0.05) is 11.4 Å². The highest BCUT2D eigenvalue weighted by Gasteiger charge is 2.20. The van der Waals surface area contributed by atoms with E-state index in [1.807, 2.05) is 6.07 Å². The molecule has 1 heterocycles. The molecule has 2 aromatic rings. The second kappa shape index (κ2) is 6.84. The number of anilines is 1. The van der Waals surface area contributed by atoms with E-state index in [0.717, 1.165) is 0 Å². The number of nitrogens with one attached hydrogen (secondary N) is 1. The van der Waals surface area contributed by atoms with E-state index >= 15 is 0 Å². The molecular weight excluding hydrogens is 286 g/mol. The highest BCUT2D eigenvalue weighted by atomic mass is 16.6. The Morgan fingerprint density at radius 2 is 2.18 bits per heavy atom. The first-order chi connectivity index (χ1) is 10.5. The van der Waals surface area contributed by atoms with Crippen LogP contribution in [0.4, 0.5) is 11.4 Å². The lowest BCUT2D eigenvalue weighted by Crippen LogP contribution is -2.21. The molecule has 1 N–H and O–H groups in total. The number of ether oxygens (including phenoxy) is 1. The Balaban J connectivity index is 2.33. The Morgan fingerprint density at radius 3 is 2.86 bits per heavy atom. The van der Waals surface area contributed by atoms with Gasteiger partial charge >= 0.3 is 11.7 Å². The van der Waals surface area contributed by atoms with Gasteiger partial charge in [0.05, 0.1) is 23.5 Å². The normalized spacial score (nSPS) is 11.9. The van der Waals surface area contributed by atoms with Crippen molar-refractivity contribution in [2.45, 2.75) is 26.3 Å². The monoisotopic (exact) mass is 303 g/mol. The van der Waals surface area contributed by atoms with Crippen molar-refractivity contribution in [2.75, 3.05) is 11.9 Å². The Morgan fingerprint density at radius 1 is 1.45 bits per heavy atom. The number of esters is 1. The van der Waals surface area contributed by atoms with Gasteiger partial charge in [-0.25, -0.2) is 4.98 Å². The number of hydrogen-bond donors (Lipinski definition) is 1. The second-order valence-electron chi connectivity index (χ2n) is 4.85. The maximum absolute atomic E-state index is 11.5. The average molecular weight is 303 g/mol. The zero-order chi connectivity index (χ0) is 16.1. The molecular formula is C15H17N3O4. The number of benzene rings is 1. The summed E-state index contributed by atoms with van der Waals surface area (Å²) in [5.74, 6) is -0.344. The molecule has 1 aromatic carbocycles. The fraction of sp³-hybridized carbons (Fsp3) is 0.333. The van der Waals surface area contributed by atoms with Crippen molar-refractivity contribution in [1.29, 1.82) is 0 Å². The second-order valence-corrected chi connectivity index (χ2v) is 4.85. The standard InChI is InChI=1S/C15H17N3O4/c1-3-22-14(19)8-10(2)17-15-11-6-4-5-7-12(11)16-9-13(15)18(20)21/h4-7,9-10H,3,8H2,1-2H3,(H,16,17). The van der Waals surface area contributed by atoms with E-state index in [9.17, 15) is 14.9 Å². The summed E-state index contributed by atoms with van der Waals surface area (Å²) in [5, 5.41) is 14.9. The summed E-state index contributed by atoms with van der Waals surface area (Å²) in [5.41, 5.74) is 0.903.